The second kappa shape index (κ2) is 4.75. The van der Waals surface area contributed by atoms with Crippen molar-refractivity contribution < 1.29 is 0 Å². The molecule has 0 amide bonds. The van der Waals surface area contributed by atoms with Gasteiger partial charge < -0.3 is 10.2 Å². The molecule has 3 nitrogen and oxygen atoms in total. The van der Waals surface area contributed by atoms with Crippen LogP contribution in [0.15, 0.2) is 29.3 Å². The van der Waals surface area contributed by atoms with Crippen LogP contribution in [-0.2, 0) is 0 Å². The van der Waals surface area contributed by atoms with Gasteiger partial charge in [-0.2, -0.15) is 0 Å². The van der Waals surface area contributed by atoms with Gasteiger partial charge in [-0.3, -0.25) is 4.99 Å². The number of hydrogen-bond donors (Lipinski definition) is 1. The normalized spacial score (nSPS) is 37.0. The Morgan fingerprint density at radius 1 is 1.29 bits per heavy atom. The van der Waals surface area contributed by atoms with Gasteiger partial charge in [0.05, 0.1) is 6.04 Å². The van der Waals surface area contributed by atoms with Crippen LogP contribution in [0.5, 0.6) is 0 Å². The van der Waals surface area contributed by atoms with Crippen LogP contribution in [0.3, 0.4) is 0 Å². The van der Waals surface area contributed by atoms with Crippen LogP contribution >= 0.6 is 0 Å². The van der Waals surface area contributed by atoms with Crippen molar-refractivity contribution in [3.8, 4) is 0 Å². The van der Waals surface area contributed by atoms with E-state index in [1.54, 1.807) is 0 Å². The summed E-state index contributed by atoms with van der Waals surface area (Å²) in [5.74, 6) is 1.23. The third-order valence-electron chi connectivity index (χ3n) is 4.17. The zero-order valence-corrected chi connectivity index (χ0v) is 10.5. The Hall–Kier alpha value is -0.930. The average molecular weight is 231 g/mol. The van der Waals surface area contributed by atoms with Crippen LogP contribution in [0.4, 0.5) is 0 Å². The van der Waals surface area contributed by atoms with Crippen molar-refractivity contribution >= 4 is 5.71 Å². The van der Waals surface area contributed by atoms with Crippen LogP contribution in [0.1, 0.15) is 6.92 Å². The third kappa shape index (κ3) is 2.22. The molecule has 3 atom stereocenters. The van der Waals surface area contributed by atoms with Crippen molar-refractivity contribution in [2.24, 2.45) is 16.8 Å². The minimum Gasteiger partial charge on any atom is -0.314 e. The first-order valence-corrected chi connectivity index (χ1v) is 6.67. The predicted octanol–water partition coefficient (Wildman–Crippen LogP) is 1.09. The number of hydrogen-bond acceptors (Lipinski definition) is 3. The van der Waals surface area contributed by atoms with Gasteiger partial charge in [-0.1, -0.05) is 24.3 Å². The molecule has 1 fully saturated rings. The third-order valence-corrected chi connectivity index (χ3v) is 4.17. The lowest BCUT2D eigenvalue weighted by molar-refractivity contribution is 0.212. The molecule has 3 aliphatic rings. The molecule has 2 heterocycles. The molecule has 0 aromatic carbocycles. The smallest absolute Gasteiger partial charge is 0.0751 e. The van der Waals surface area contributed by atoms with Gasteiger partial charge >= 0.3 is 0 Å². The van der Waals surface area contributed by atoms with E-state index in [9.17, 15) is 0 Å². The van der Waals surface area contributed by atoms with E-state index in [1.807, 2.05) is 0 Å². The van der Waals surface area contributed by atoms with Gasteiger partial charge in [-0.15, -0.1) is 0 Å². The standard InChI is InChI=1S/C14H21N3/c1-11-13(10-17-8-6-15-7-9-17)12-4-2-3-5-14(12)16-11/h2-5,12-15H,6-10H2,1H3. The maximum absolute atomic E-state index is 4.79. The summed E-state index contributed by atoms with van der Waals surface area (Å²) in [6.07, 6.45) is 8.90. The van der Waals surface area contributed by atoms with E-state index in [2.05, 4.69) is 41.4 Å². The molecule has 1 saturated heterocycles. The van der Waals surface area contributed by atoms with Crippen LogP contribution in [-0.4, -0.2) is 49.4 Å². The minimum absolute atomic E-state index is 0.410. The van der Waals surface area contributed by atoms with Gasteiger partial charge in [0.15, 0.2) is 0 Å². The molecule has 0 aromatic heterocycles. The molecule has 1 aliphatic carbocycles. The summed E-state index contributed by atoms with van der Waals surface area (Å²) in [7, 11) is 0. The van der Waals surface area contributed by atoms with Gasteiger partial charge in [-0.25, -0.2) is 0 Å². The van der Waals surface area contributed by atoms with Gasteiger partial charge in [0.25, 0.3) is 0 Å². The molecular weight excluding hydrogens is 210 g/mol. The molecule has 1 N–H and O–H groups in total. The number of nitrogens with zero attached hydrogens (tertiary/aromatic N) is 2. The molecule has 3 unspecified atom stereocenters. The number of aliphatic imine (C=N–C) groups is 1. The molecule has 0 bridgehead atoms. The van der Waals surface area contributed by atoms with Crippen LogP contribution in [0, 0.1) is 11.8 Å². The quantitative estimate of drug-likeness (QED) is 0.770. The molecule has 3 rings (SSSR count). The summed E-state index contributed by atoms with van der Waals surface area (Å²) >= 11 is 0. The van der Waals surface area contributed by atoms with Crippen molar-refractivity contribution in [2.75, 3.05) is 32.7 Å². The Labute approximate surface area is 103 Å². The summed E-state index contributed by atoms with van der Waals surface area (Å²) in [6.45, 7) is 8.00. The van der Waals surface area contributed by atoms with Crippen LogP contribution in [0.25, 0.3) is 0 Å². The fourth-order valence-electron chi connectivity index (χ4n) is 3.15. The highest BCUT2D eigenvalue weighted by Gasteiger charge is 2.35. The minimum atomic E-state index is 0.410. The van der Waals surface area contributed by atoms with Crippen molar-refractivity contribution in [1.29, 1.82) is 0 Å². The molecule has 0 radical (unpaired) electrons. The molecule has 2 aliphatic heterocycles. The number of rotatable bonds is 2. The maximum atomic E-state index is 4.79. The molecule has 17 heavy (non-hydrogen) atoms. The largest absolute Gasteiger partial charge is 0.314 e. The van der Waals surface area contributed by atoms with E-state index >= 15 is 0 Å². The first-order valence-electron chi connectivity index (χ1n) is 6.67. The second-order valence-corrected chi connectivity index (χ2v) is 5.27. The van der Waals surface area contributed by atoms with Gasteiger partial charge in [0, 0.05) is 50.3 Å². The molecular formula is C14H21N3. The van der Waals surface area contributed by atoms with E-state index in [-0.39, 0.29) is 0 Å². The van der Waals surface area contributed by atoms with Gasteiger partial charge in [0.1, 0.15) is 0 Å². The average Bonchev–Trinajstić information content (AvgIpc) is 2.68. The summed E-state index contributed by atoms with van der Waals surface area (Å²) < 4.78 is 0. The van der Waals surface area contributed by atoms with E-state index in [1.165, 1.54) is 25.3 Å². The first kappa shape index (κ1) is 11.2. The molecule has 3 heteroatoms. The van der Waals surface area contributed by atoms with Crippen molar-refractivity contribution in [2.45, 2.75) is 13.0 Å². The summed E-state index contributed by atoms with van der Waals surface area (Å²) in [6, 6.07) is 0.410. The lowest BCUT2D eigenvalue weighted by Crippen LogP contribution is -2.46. The Bertz CT molecular complexity index is 364. The van der Waals surface area contributed by atoms with E-state index in [0.29, 0.717) is 17.9 Å². The lowest BCUT2D eigenvalue weighted by atomic mass is 9.84. The zero-order chi connectivity index (χ0) is 11.7. The maximum Gasteiger partial charge on any atom is 0.0751 e. The van der Waals surface area contributed by atoms with Crippen LogP contribution in [0.2, 0.25) is 0 Å². The van der Waals surface area contributed by atoms with Crippen molar-refractivity contribution in [3.63, 3.8) is 0 Å². The number of fused-ring (bicyclic) bond motifs is 1. The summed E-state index contributed by atoms with van der Waals surface area (Å²) in [4.78, 5) is 7.37. The molecule has 0 aromatic rings. The van der Waals surface area contributed by atoms with Crippen molar-refractivity contribution in [3.05, 3.63) is 24.3 Å². The van der Waals surface area contributed by atoms with Gasteiger partial charge in [-0.05, 0) is 6.92 Å². The predicted molar refractivity (Wildman–Crippen MR) is 71.5 cm³/mol. The number of allylic oxidation sites excluding steroid dienone is 2. The first-order chi connectivity index (χ1) is 8.34. The number of nitrogens with one attached hydrogen (secondary N) is 1. The molecule has 0 saturated carbocycles. The Balaban J connectivity index is 1.68. The van der Waals surface area contributed by atoms with Crippen LogP contribution < -0.4 is 5.32 Å². The Kier molecular flexibility index (Phi) is 3.12. The summed E-state index contributed by atoms with van der Waals surface area (Å²) in [5.41, 5.74) is 1.34. The highest BCUT2D eigenvalue weighted by Crippen LogP contribution is 2.32. The molecule has 0 spiro atoms. The van der Waals surface area contributed by atoms with Gasteiger partial charge in [0.2, 0.25) is 0 Å². The lowest BCUT2D eigenvalue weighted by Gasteiger charge is -2.32. The zero-order valence-electron chi connectivity index (χ0n) is 10.5. The fraction of sp³-hybridized carbons (Fsp3) is 0.643. The highest BCUT2D eigenvalue weighted by atomic mass is 15.2. The number of piperazine rings is 1. The Morgan fingerprint density at radius 2 is 2.06 bits per heavy atom. The Morgan fingerprint density at radius 3 is 2.88 bits per heavy atom. The van der Waals surface area contributed by atoms with E-state index in [0.717, 1.165) is 13.1 Å². The highest BCUT2D eigenvalue weighted by molar-refractivity contribution is 5.87. The van der Waals surface area contributed by atoms with E-state index < -0.39 is 0 Å². The van der Waals surface area contributed by atoms with Crippen molar-refractivity contribution in [1.82, 2.24) is 10.2 Å². The summed E-state index contributed by atoms with van der Waals surface area (Å²) in [5, 5.41) is 3.41. The fourth-order valence-corrected chi connectivity index (χ4v) is 3.15. The monoisotopic (exact) mass is 231 g/mol. The SMILES string of the molecule is CC1=NC2C=CC=CC2C1CN1CCNCC1. The molecule has 92 valence electrons. The second-order valence-electron chi connectivity index (χ2n) is 5.27. The topological polar surface area (TPSA) is 27.6 Å². The van der Waals surface area contributed by atoms with E-state index in [4.69, 9.17) is 4.99 Å².